The van der Waals surface area contributed by atoms with Gasteiger partial charge < -0.3 is 10.0 Å². The van der Waals surface area contributed by atoms with Crippen molar-refractivity contribution in [2.75, 3.05) is 11.4 Å². The van der Waals surface area contributed by atoms with Crippen molar-refractivity contribution in [2.45, 2.75) is 26.5 Å². The van der Waals surface area contributed by atoms with E-state index in [4.69, 9.17) is 0 Å². The first-order valence-electron chi connectivity index (χ1n) is 6.36. The van der Waals surface area contributed by atoms with Crippen molar-refractivity contribution >= 4 is 17.0 Å². The molecule has 0 spiro atoms. The van der Waals surface area contributed by atoms with Gasteiger partial charge in [0, 0.05) is 11.4 Å². The van der Waals surface area contributed by atoms with E-state index in [1.165, 1.54) is 10.9 Å². The lowest BCUT2D eigenvalue weighted by Crippen LogP contribution is -2.22. The predicted molar refractivity (Wildman–Crippen MR) is 78.1 cm³/mol. The van der Waals surface area contributed by atoms with Crippen LogP contribution in [0.25, 0.3) is 0 Å². The second-order valence-electron chi connectivity index (χ2n) is 4.48. The summed E-state index contributed by atoms with van der Waals surface area (Å²) in [6, 6.07) is 8.99. The van der Waals surface area contributed by atoms with Crippen molar-refractivity contribution in [2.24, 2.45) is 0 Å². The van der Waals surface area contributed by atoms with Crippen LogP contribution in [0, 0.1) is 5.82 Å². The molecule has 0 fully saturated rings. The second-order valence-corrected chi connectivity index (χ2v) is 5.51. The Morgan fingerprint density at radius 3 is 2.68 bits per heavy atom. The highest BCUT2D eigenvalue weighted by Crippen LogP contribution is 2.25. The molecule has 1 N–H and O–H groups in total. The minimum absolute atomic E-state index is 0.281. The highest BCUT2D eigenvalue weighted by Gasteiger charge is 2.13. The van der Waals surface area contributed by atoms with E-state index < -0.39 is 6.10 Å². The normalized spacial score (nSPS) is 12.4. The van der Waals surface area contributed by atoms with E-state index in [1.807, 2.05) is 23.3 Å². The molecule has 0 bridgehead atoms. The first-order valence-corrected chi connectivity index (χ1v) is 7.24. The third-order valence-electron chi connectivity index (χ3n) is 3.10. The van der Waals surface area contributed by atoms with Crippen LogP contribution < -0.4 is 4.90 Å². The fourth-order valence-corrected chi connectivity index (χ4v) is 2.72. The van der Waals surface area contributed by atoms with Crippen LogP contribution in [0.4, 0.5) is 10.1 Å². The van der Waals surface area contributed by atoms with Crippen molar-refractivity contribution < 1.29 is 9.50 Å². The summed E-state index contributed by atoms with van der Waals surface area (Å²) in [4.78, 5) is 3.20. The molecule has 1 heterocycles. The van der Waals surface area contributed by atoms with Crippen LogP contribution in [0.1, 0.15) is 30.4 Å². The lowest BCUT2D eigenvalue weighted by atomic mass is 10.1. The average molecular weight is 279 g/mol. The Morgan fingerprint density at radius 1 is 1.37 bits per heavy atom. The Hall–Kier alpha value is -1.39. The van der Waals surface area contributed by atoms with Crippen LogP contribution in [0.15, 0.2) is 35.7 Å². The van der Waals surface area contributed by atoms with Crippen LogP contribution in [-0.2, 0) is 6.54 Å². The number of nitrogens with zero attached hydrogens (tertiary/aromatic N) is 1. The van der Waals surface area contributed by atoms with Crippen LogP contribution in [0.5, 0.6) is 0 Å². The summed E-state index contributed by atoms with van der Waals surface area (Å²) in [5.41, 5.74) is 1.19. The molecule has 2 nitrogen and oxygen atoms in total. The number of aliphatic hydroxyl groups is 1. The number of thiophene rings is 1. The van der Waals surface area contributed by atoms with E-state index in [0.29, 0.717) is 17.8 Å². The van der Waals surface area contributed by atoms with Gasteiger partial charge in [-0.05, 0) is 43.0 Å². The second kappa shape index (κ2) is 6.17. The van der Waals surface area contributed by atoms with E-state index in [1.54, 1.807) is 30.4 Å². The Labute approximate surface area is 117 Å². The number of aliphatic hydroxyl groups excluding tert-OH is 1. The minimum Gasteiger partial charge on any atom is -0.389 e. The zero-order valence-corrected chi connectivity index (χ0v) is 12.0. The maximum absolute atomic E-state index is 14.1. The molecule has 0 saturated heterocycles. The third kappa shape index (κ3) is 3.33. The molecule has 1 unspecified atom stereocenters. The molecule has 0 aliphatic heterocycles. The summed E-state index contributed by atoms with van der Waals surface area (Å²) >= 11 is 1.67. The van der Waals surface area contributed by atoms with Crippen molar-refractivity contribution in [3.8, 4) is 0 Å². The smallest absolute Gasteiger partial charge is 0.146 e. The van der Waals surface area contributed by atoms with E-state index >= 15 is 0 Å². The molecule has 19 heavy (non-hydrogen) atoms. The number of benzene rings is 1. The minimum atomic E-state index is -0.643. The van der Waals surface area contributed by atoms with Gasteiger partial charge in [-0.1, -0.05) is 12.1 Å². The van der Waals surface area contributed by atoms with Crippen LogP contribution >= 0.6 is 11.3 Å². The Morgan fingerprint density at radius 2 is 2.16 bits per heavy atom. The van der Waals surface area contributed by atoms with Gasteiger partial charge in [-0.3, -0.25) is 0 Å². The Bertz CT molecular complexity index is 525. The van der Waals surface area contributed by atoms with Gasteiger partial charge >= 0.3 is 0 Å². The maximum atomic E-state index is 14.1. The molecular formula is C15H18FNOS. The number of hydrogen-bond acceptors (Lipinski definition) is 3. The van der Waals surface area contributed by atoms with Crippen molar-refractivity contribution in [1.29, 1.82) is 0 Å². The quantitative estimate of drug-likeness (QED) is 0.895. The Balaban J connectivity index is 2.23. The van der Waals surface area contributed by atoms with Crippen molar-refractivity contribution in [1.82, 2.24) is 0 Å². The van der Waals surface area contributed by atoms with Gasteiger partial charge in [-0.2, -0.15) is 0 Å². The number of rotatable bonds is 5. The van der Waals surface area contributed by atoms with Crippen molar-refractivity contribution in [3.05, 3.63) is 52.0 Å². The topological polar surface area (TPSA) is 23.5 Å². The molecule has 2 aromatic rings. The molecule has 1 atom stereocenters. The van der Waals surface area contributed by atoms with Crippen molar-refractivity contribution in [3.63, 3.8) is 0 Å². The third-order valence-corrected chi connectivity index (χ3v) is 3.96. The molecule has 4 heteroatoms. The zero-order valence-electron chi connectivity index (χ0n) is 11.1. The highest BCUT2D eigenvalue weighted by molar-refractivity contribution is 7.09. The summed E-state index contributed by atoms with van der Waals surface area (Å²) in [5.74, 6) is -0.281. The van der Waals surface area contributed by atoms with E-state index in [-0.39, 0.29) is 5.82 Å². The predicted octanol–water partition coefficient (Wildman–Crippen LogP) is 3.97. The van der Waals surface area contributed by atoms with Gasteiger partial charge in [0.15, 0.2) is 0 Å². The van der Waals surface area contributed by atoms with Gasteiger partial charge in [0.2, 0.25) is 0 Å². The SMILES string of the molecule is CCN(Cc1cccs1)c1ccc(C(C)O)cc1F. The van der Waals surface area contributed by atoms with E-state index in [2.05, 4.69) is 6.07 Å². The lowest BCUT2D eigenvalue weighted by molar-refractivity contribution is 0.199. The summed E-state index contributed by atoms with van der Waals surface area (Å²) in [5, 5.41) is 11.5. The first kappa shape index (κ1) is 14.0. The first-order chi connectivity index (χ1) is 9.11. The molecule has 0 radical (unpaired) electrons. The molecule has 2 rings (SSSR count). The standard InChI is InChI=1S/C15H18FNOS/c1-3-17(10-13-5-4-8-19-13)15-7-6-12(11(2)18)9-14(15)16/h4-9,11,18H,3,10H2,1-2H3. The molecular weight excluding hydrogens is 261 g/mol. The number of anilines is 1. The van der Waals surface area contributed by atoms with Crippen LogP contribution in [0.2, 0.25) is 0 Å². The molecule has 0 aliphatic rings. The summed E-state index contributed by atoms with van der Waals surface area (Å²) in [6.45, 7) is 5.09. The van der Waals surface area contributed by atoms with E-state index in [9.17, 15) is 9.50 Å². The fraction of sp³-hybridized carbons (Fsp3) is 0.333. The van der Waals surface area contributed by atoms with Gasteiger partial charge in [-0.15, -0.1) is 11.3 Å². The lowest BCUT2D eigenvalue weighted by Gasteiger charge is -2.23. The van der Waals surface area contributed by atoms with Gasteiger partial charge in [0.05, 0.1) is 18.3 Å². The van der Waals surface area contributed by atoms with Gasteiger partial charge in [0.1, 0.15) is 5.82 Å². The molecule has 0 saturated carbocycles. The fourth-order valence-electron chi connectivity index (χ4n) is 2.00. The van der Waals surface area contributed by atoms with Gasteiger partial charge in [0.25, 0.3) is 0 Å². The van der Waals surface area contributed by atoms with Gasteiger partial charge in [-0.25, -0.2) is 4.39 Å². The van der Waals surface area contributed by atoms with E-state index in [0.717, 1.165) is 6.54 Å². The maximum Gasteiger partial charge on any atom is 0.146 e. The number of hydrogen-bond donors (Lipinski definition) is 1. The monoisotopic (exact) mass is 279 g/mol. The molecule has 1 aromatic heterocycles. The highest BCUT2D eigenvalue weighted by atomic mass is 32.1. The average Bonchev–Trinajstić information content (AvgIpc) is 2.89. The number of halogens is 1. The molecule has 0 aliphatic carbocycles. The van der Waals surface area contributed by atoms with Crippen LogP contribution in [0.3, 0.4) is 0 Å². The molecule has 1 aromatic carbocycles. The largest absolute Gasteiger partial charge is 0.389 e. The summed E-state index contributed by atoms with van der Waals surface area (Å²) in [6.07, 6.45) is -0.643. The molecule has 0 amide bonds. The molecule has 102 valence electrons. The summed E-state index contributed by atoms with van der Waals surface area (Å²) in [7, 11) is 0. The van der Waals surface area contributed by atoms with Crippen LogP contribution in [-0.4, -0.2) is 11.7 Å². The zero-order chi connectivity index (χ0) is 13.8. The Kier molecular flexibility index (Phi) is 4.56. The summed E-state index contributed by atoms with van der Waals surface area (Å²) < 4.78 is 14.1.